The lowest BCUT2D eigenvalue weighted by atomic mass is 9.95. The Morgan fingerprint density at radius 1 is 1.20 bits per heavy atom. The van der Waals surface area contributed by atoms with Crippen molar-refractivity contribution < 1.29 is 19.0 Å². The second-order valence-electron chi connectivity index (χ2n) is 4.81. The largest absolute Gasteiger partial charge is 0.497 e. The Kier molecular flexibility index (Phi) is 3.32. The van der Waals surface area contributed by atoms with Crippen LogP contribution >= 0.6 is 0 Å². The van der Waals surface area contributed by atoms with Crippen LogP contribution in [0.4, 0.5) is 4.39 Å². The first kappa shape index (κ1) is 12.9. The van der Waals surface area contributed by atoms with Crippen LogP contribution in [0, 0.1) is 5.82 Å². The number of halogens is 1. The molecule has 0 saturated heterocycles. The molecule has 0 spiro atoms. The van der Waals surface area contributed by atoms with Gasteiger partial charge in [-0.05, 0) is 29.8 Å². The van der Waals surface area contributed by atoms with E-state index in [0.29, 0.717) is 17.7 Å². The molecule has 4 heteroatoms. The average Bonchev–Trinajstić information content (AvgIpc) is 2.46. The Hall–Kier alpha value is -2.07. The highest BCUT2D eigenvalue weighted by molar-refractivity contribution is 5.39. The summed E-state index contributed by atoms with van der Waals surface area (Å²) in [5.41, 5.74) is 1.57. The van der Waals surface area contributed by atoms with Gasteiger partial charge in [0.1, 0.15) is 23.4 Å². The van der Waals surface area contributed by atoms with Gasteiger partial charge in [0.15, 0.2) is 0 Å². The third-order valence-electron chi connectivity index (χ3n) is 3.53. The van der Waals surface area contributed by atoms with Gasteiger partial charge in [0.05, 0.1) is 13.2 Å². The summed E-state index contributed by atoms with van der Waals surface area (Å²) in [7, 11) is 1.61. The van der Waals surface area contributed by atoms with Crippen molar-refractivity contribution >= 4 is 0 Å². The minimum absolute atomic E-state index is 0.287. The number of aliphatic hydroxyl groups is 1. The molecule has 0 bridgehead atoms. The standard InChI is InChI=1S/C16H15FO3/c1-19-12-5-2-10(3-6-12)15-9-14(18)13-7-4-11(17)8-16(13)20-15/h2-8,14-15,18H,9H2,1H3/t14-,15?/m1/s1. The van der Waals surface area contributed by atoms with Crippen LogP contribution in [-0.2, 0) is 0 Å². The van der Waals surface area contributed by atoms with Crippen molar-refractivity contribution in [2.75, 3.05) is 7.11 Å². The molecule has 1 N–H and O–H groups in total. The van der Waals surface area contributed by atoms with Crippen LogP contribution in [0.15, 0.2) is 42.5 Å². The molecule has 0 aliphatic carbocycles. The number of fused-ring (bicyclic) bond motifs is 1. The van der Waals surface area contributed by atoms with Gasteiger partial charge in [-0.3, -0.25) is 0 Å². The summed E-state index contributed by atoms with van der Waals surface area (Å²) in [6.07, 6.45) is -0.484. The molecule has 3 rings (SSSR count). The number of benzene rings is 2. The van der Waals surface area contributed by atoms with Gasteiger partial charge in [0.2, 0.25) is 0 Å². The molecule has 2 aromatic carbocycles. The highest BCUT2D eigenvalue weighted by Gasteiger charge is 2.28. The second kappa shape index (κ2) is 5.13. The van der Waals surface area contributed by atoms with Crippen LogP contribution in [0.1, 0.15) is 29.8 Å². The smallest absolute Gasteiger partial charge is 0.128 e. The van der Waals surface area contributed by atoms with E-state index in [4.69, 9.17) is 9.47 Å². The summed E-state index contributed by atoms with van der Waals surface area (Å²) >= 11 is 0. The molecule has 0 amide bonds. The van der Waals surface area contributed by atoms with Gasteiger partial charge < -0.3 is 14.6 Å². The average molecular weight is 274 g/mol. The lowest BCUT2D eigenvalue weighted by molar-refractivity contribution is 0.0653. The molecule has 0 aromatic heterocycles. The maximum Gasteiger partial charge on any atom is 0.128 e. The van der Waals surface area contributed by atoms with Gasteiger partial charge in [-0.25, -0.2) is 4.39 Å². The monoisotopic (exact) mass is 274 g/mol. The number of rotatable bonds is 2. The van der Waals surface area contributed by atoms with Crippen LogP contribution in [0.3, 0.4) is 0 Å². The molecule has 3 nitrogen and oxygen atoms in total. The zero-order valence-corrected chi connectivity index (χ0v) is 11.0. The molecule has 1 aliphatic rings. The predicted octanol–water partition coefficient (Wildman–Crippen LogP) is 3.39. The number of hydrogen-bond donors (Lipinski definition) is 1. The first-order valence-electron chi connectivity index (χ1n) is 6.45. The van der Waals surface area contributed by atoms with E-state index >= 15 is 0 Å². The molecule has 1 aliphatic heterocycles. The van der Waals surface area contributed by atoms with Crippen LogP contribution in [0.25, 0.3) is 0 Å². The van der Waals surface area contributed by atoms with Gasteiger partial charge in [-0.15, -0.1) is 0 Å². The molecule has 2 atom stereocenters. The number of aliphatic hydroxyl groups excluding tert-OH is 1. The van der Waals surface area contributed by atoms with Gasteiger partial charge >= 0.3 is 0 Å². The Balaban J connectivity index is 1.89. The lowest BCUT2D eigenvalue weighted by Gasteiger charge is -2.30. The maximum atomic E-state index is 13.3. The van der Waals surface area contributed by atoms with E-state index in [-0.39, 0.29) is 11.9 Å². The summed E-state index contributed by atoms with van der Waals surface area (Å²) < 4.78 is 24.2. The fourth-order valence-electron chi connectivity index (χ4n) is 2.44. The Morgan fingerprint density at radius 3 is 2.65 bits per heavy atom. The van der Waals surface area contributed by atoms with Crippen molar-refractivity contribution in [3.63, 3.8) is 0 Å². The third-order valence-corrected chi connectivity index (χ3v) is 3.53. The first-order chi connectivity index (χ1) is 9.67. The number of hydrogen-bond acceptors (Lipinski definition) is 3. The molecule has 1 unspecified atom stereocenters. The first-order valence-corrected chi connectivity index (χ1v) is 6.45. The third kappa shape index (κ3) is 2.34. The summed E-state index contributed by atoms with van der Waals surface area (Å²) in [5.74, 6) is 0.799. The second-order valence-corrected chi connectivity index (χ2v) is 4.81. The SMILES string of the molecule is COc1ccc(C2C[C@@H](O)c3ccc(F)cc3O2)cc1. The van der Waals surface area contributed by atoms with E-state index in [2.05, 4.69) is 0 Å². The van der Waals surface area contributed by atoms with Crippen molar-refractivity contribution in [3.05, 3.63) is 59.4 Å². The number of methoxy groups -OCH3 is 1. The molecule has 0 fully saturated rings. The molecule has 0 radical (unpaired) electrons. The predicted molar refractivity (Wildman–Crippen MR) is 72.3 cm³/mol. The Labute approximate surface area is 116 Å². The fourth-order valence-corrected chi connectivity index (χ4v) is 2.44. The van der Waals surface area contributed by atoms with Crippen LogP contribution in [-0.4, -0.2) is 12.2 Å². The van der Waals surface area contributed by atoms with Crippen molar-refractivity contribution in [3.8, 4) is 11.5 Å². The van der Waals surface area contributed by atoms with E-state index in [0.717, 1.165) is 11.3 Å². The normalized spacial score (nSPS) is 20.9. The summed E-state index contributed by atoms with van der Waals surface area (Å²) in [5, 5.41) is 10.2. The van der Waals surface area contributed by atoms with E-state index in [1.807, 2.05) is 24.3 Å². The summed E-state index contributed by atoms with van der Waals surface area (Å²) in [4.78, 5) is 0. The van der Waals surface area contributed by atoms with Crippen molar-refractivity contribution in [2.45, 2.75) is 18.6 Å². The summed E-state index contributed by atoms with van der Waals surface area (Å²) in [6.45, 7) is 0. The molecular weight excluding hydrogens is 259 g/mol. The lowest BCUT2D eigenvalue weighted by Crippen LogP contribution is -2.19. The van der Waals surface area contributed by atoms with Gasteiger partial charge in [-0.2, -0.15) is 0 Å². The zero-order valence-electron chi connectivity index (χ0n) is 11.0. The molecule has 0 saturated carbocycles. The minimum Gasteiger partial charge on any atom is -0.497 e. The zero-order chi connectivity index (χ0) is 14.1. The molecular formula is C16H15FO3. The molecule has 1 heterocycles. The van der Waals surface area contributed by atoms with Crippen molar-refractivity contribution in [1.29, 1.82) is 0 Å². The number of ether oxygens (including phenoxy) is 2. The van der Waals surface area contributed by atoms with Crippen LogP contribution in [0.2, 0.25) is 0 Å². The summed E-state index contributed by atoms with van der Waals surface area (Å²) in [6, 6.07) is 11.7. The highest BCUT2D eigenvalue weighted by Crippen LogP contribution is 2.41. The van der Waals surface area contributed by atoms with Crippen LogP contribution < -0.4 is 9.47 Å². The quantitative estimate of drug-likeness (QED) is 0.912. The van der Waals surface area contributed by atoms with E-state index in [9.17, 15) is 9.50 Å². The molecule has 2 aromatic rings. The van der Waals surface area contributed by atoms with Crippen molar-refractivity contribution in [2.24, 2.45) is 0 Å². The minimum atomic E-state index is -0.647. The van der Waals surface area contributed by atoms with Gasteiger partial charge in [0.25, 0.3) is 0 Å². The van der Waals surface area contributed by atoms with Gasteiger partial charge in [0, 0.05) is 18.1 Å². The van der Waals surface area contributed by atoms with E-state index in [1.165, 1.54) is 12.1 Å². The highest BCUT2D eigenvalue weighted by atomic mass is 19.1. The molecule has 104 valence electrons. The Bertz CT molecular complexity index is 610. The van der Waals surface area contributed by atoms with Gasteiger partial charge in [-0.1, -0.05) is 12.1 Å². The van der Waals surface area contributed by atoms with Crippen molar-refractivity contribution in [1.82, 2.24) is 0 Å². The molecule has 20 heavy (non-hydrogen) atoms. The van der Waals surface area contributed by atoms with Crippen LogP contribution in [0.5, 0.6) is 11.5 Å². The fraction of sp³-hybridized carbons (Fsp3) is 0.250. The topological polar surface area (TPSA) is 38.7 Å². The van der Waals surface area contributed by atoms with E-state index in [1.54, 1.807) is 13.2 Å². The van der Waals surface area contributed by atoms with E-state index < -0.39 is 6.10 Å². The Morgan fingerprint density at radius 2 is 1.95 bits per heavy atom. The maximum absolute atomic E-state index is 13.3.